The number of ether oxygens (including phenoxy) is 1. The summed E-state index contributed by atoms with van der Waals surface area (Å²) in [4.78, 5) is 13.2. The van der Waals surface area contributed by atoms with Gasteiger partial charge in [-0.15, -0.1) is 5.10 Å². The molecule has 1 aromatic heterocycles. The lowest BCUT2D eigenvalue weighted by atomic mass is 10.0. The van der Waals surface area contributed by atoms with E-state index in [9.17, 15) is 4.79 Å². The molecule has 0 unspecified atom stereocenters. The SMILES string of the molecule is O=C1O/C(c2ccccc2)=C\c2c(-c3ccccc3)nnn2-c2cc3ccccc3cc21. The zero-order chi connectivity index (χ0) is 21.5. The second kappa shape index (κ2) is 7.32. The van der Waals surface area contributed by atoms with E-state index in [0.29, 0.717) is 17.0 Å². The summed E-state index contributed by atoms with van der Waals surface area (Å²) in [6, 6.07) is 31.2. The van der Waals surface area contributed by atoms with E-state index in [-0.39, 0.29) is 0 Å². The van der Waals surface area contributed by atoms with Crippen molar-refractivity contribution in [2.75, 3.05) is 0 Å². The Hall–Kier alpha value is -4.51. The largest absolute Gasteiger partial charge is 0.422 e. The first kappa shape index (κ1) is 18.3. The zero-order valence-corrected chi connectivity index (χ0v) is 17.0. The molecule has 6 rings (SSSR count). The first-order valence-electron chi connectivity index (χ1n) is 10.3. The Morgan fingerprint density at radius 3 is 2.06 bits per heavy atom. The molecule has 0 radical (unpaired) electrons. The molecular weight excluding hydrogens is 398 g/mol. The summed E-state index contributed by atoms with van der Waals surface area (Å²) in [5.41, 5.74) is 4.29. The van der Waals surface area contributed by atoms with E-state index in [1.807, 2.05) is 103 Å². The molecule has 5 aromatic rings. The van der Waals surface area contributed by atoms with Crippen LogP contribution in [-0.4, -0.2) is 21.0 Å². The Labute approximate surface area is 184 Å². The maximum Gasteiger partial charge on any atom is 0.345 e. The van der Waals surface area contributed by atoms with Crippen LogP contribution in [0.4, 0.5) is 0 Å². The third-order valence-electron chi connectivity index (χ3n) is 5.59. The minimum absolute atomic E-state index is 0.428. The van der Waals surface area contributed by atoms with Gasteiger partial charge in [-0.05, 0) is 22.9 Å². The van der Waals surface area contributed by atoms with Gasteiger partial charge in [-0.1, -0.05) is 90.1 Å². The van der Waals surface area contributed by atoms with E-state index in [2.05, 4.69) is 10.3 Å². The lowest BCUT2D eigenvalue weighted by molar-refractivity contribution is 0.0693. The van der Waals surface area contributed by atoms with Gasteiger partial charge in [0.25, 0.3) is 0 Å². The molecule has 0 N–H and O–H groups in total. The molecule has 2 heterocycles. The average molecular weight is 415 g/mol. The maximum atomic E-state index is 13.2. The van der Waals surface area contributed by atoms with Crippen LogP contribution in [0.2, 0.25) is 0 Å². The van der Waals surface area contributed by atoms with Crippen molar-refractivity contribution in [2.45, 2.75) is 0 Å². The first-order valence-corrected chi connectivity index (χ1v) is 10.3. The molecule has 152 valence electrons. The minimum Gasteiger partial charge on any atom is -0.422 e. The molecule has 1 aliphatic rings. The molecule has 32 heavy (non-hydrogen) atoms. The minimum atomic E-state index is -0.428. The highest BCUT2D eigenvalue weighted by atomic mass is 16.5. The summed E-state index contributed by atoms with van der Waals surface area (Å²) in [5.74, 6) is 0.0263. The van der Waals surface area contributed by atoms with Crippen molar-refractivity contribution in [3.8, 4) is 16.9 Å². The average Bonchev–Trinajstić information content (AvgIpc) is 3.26. The predicted molar refractivity (Wildman–Crippen MR) is 124 cm³/mol. The Morgan fingerprint density at radius 2 is 1.34 bits per heavy atom. The van der Waals surface area contributed by atoms with Crippen molar-refractivity contribution in [3.05, 3.63) is 114 Å². The molecule has 0 atom stereocenters. The summed E-state index contributed by atoms with van der Waals surface area (Å²) in [6.07, 6.45) is 1.84. The maximum absolute atomic E-state index is 13.2. The van der Waals surface area contributed by atoms with Crippen molar-refractivity contribution in [1.82, 2.24) is 15.0 Å². The lowest BCUT2D eigenvalue weighted by Gasteiger charge is -2.17. The molecule has 4 aromatic carbocycles. The van der Waals surface area contributed by atoms with Crippen molar-refractivity contribution in [2.24, 2.45) is 0 Å². The van der Waals surface area contributed by atoms with Crippen LogP contribution in [0.3, 0.4) is 0 Å². The number of nitrogens with zero attached hydrogens (tertiary/aromatic N) is 3. The van der Waals surface area contributed by atoms with E-state index < -0.39 is 5.97 Å². The van der Waals surface area contributed by atoms with Crippen LogP contribution in [0, 0.1) is 0 Å². The fourth-order valence-electron chi connectivity index (χ4n) is 4.02. The Balaban J connectivity index is 1.67. The van der Waals surface area contributed by atoms with Gasteiger partial charge in [0.15, 0.2) is 0 Å². The second-order valence-corrected chi connectivity index (χ2v) is 7.58. The number of fused-ring (bicyclic) bond motifs is 4. The van der Waals surface area contributed by atoms with Crippen LogP contribution in [0.1, 0.15) is 21.6 Å². The highest BCUT2D eigenvalue weighted by Crippen LogP contribution is 2.33. The Kier molecular flexibility index (Phi) is 4.18. The Bertz CT molecular complexity index is 1500. The summed E-state index contributed by atoms with van der Waals surface area (Å²) in [7, 11) is 0. The smallest absolute Gasteiger partial charge is 0.345 e. The van der Waals surface area contributed by atoms with Gasteiger partial charge in [0, 0.05) is 17.2 Å². The number of aromatic nitrogens is 3. The van der Waals surface area contributed by atoms with E-state index in [4.69, 9.17) is 4.74 Å². The van der Waals surface area contributed by atoms with Gasteiger partial charge < -0.3 is 4.74 Å². The fourth-order valence-corrected chi connectivity index (χ4v) is 4.02. The van der Waals surface area contributed by atoms with Crippen LogP contribution in [0.15, 0.2) is 97.1 Å². The molecule has 0 bridgehead atoms. The van der Waals surface area contributed by atoms with E-state index >= 15 is 0 Å². The highest BCUT2D eigenvalue weighted by Gasteiger charge is 2.26. The molecule has 0 saturated heterocycles. The summed E-state index contributed by atoms with van der Waals surface area (Å²) in [6.45, 7) is 0. The number of hydrogen-bond donors (Lipinski definition) is 0. The monoisotopic (exact) mass is 415 g/mol. The number of hydrogen-bond acceptors (Lipinski definition) is 4. The lowest BCUT2D eigenvalue weighted by Crippen LogP contribution is -2.14. The quantitative estimate of drug-likeness (QED) is 0.344. The summed E-state index contributed by atoms with van der Waals surface area (Å²) >= 11 is 0. The molecule has 0 spiro atoms. The highest BCUT2D eigenvalue weighted by molar-refractivity contribution is 6.03. The number of esters is 1. The van der Waals surface area contributed by atoms with Crippen LogP contribution in [-0.2, 0) is 4.74 Å². The molecule has 1 aliphatic heterocycles. The summed E-state index contributed by atoms with van der Waals surface area (Å²) < 4.78 is 7.65. The Morgan fingerprint density at radius 1 is 0.719 bits per heavy atom. The van der Waals surface area contributed by atoms with Gasteiger partial charge in [0.1, 0.15) is 11.5 Å². The third kappa shape index (κ3) is 2.99. The van der Waals surface area contributed by atoms with Gasteiger partial charge in [0.2, 0.25) is 0 Å². The van der Waals surface area contributed by atoms with E-state index in [0.717, 1.165) is 33.3 Å². The van der Waals surface area contributed by atoms with Crippen molar-refractivity contribution >= 4 is 28.6 Å². The van der Waals surface area contributed by atoms with Crippen LogP contribution < -0.4 is 0 Å². The van der Waals surface area contributed by atoms with E-state index in [1.54, 1.807) is 4.68 Å². The van der Waals surface area contributed by atoms with Gasteiger partial charge in [-0.3, -0.25) is 0 Å². The van der Waals surface area contributed by atoms with Gasteiger partial charge >= 0.3 is 5.97 Å². The summed E-state index contributed by atoms with van der Waals surface area (Å²) in [5, 5.41) is 10.9. The molecule has 0 amide bonds. The molecule has 0 fully saturated rings. The van der Waals surface area contributed by atoms with Crippen LogP contribution in [0.25, 0.3) is 39.6 Å². The number of benzene rings is 4. The topological polar surface area (TPSA) is 57.0 Å². The van der Waals surface area contributed by atoms with Crippen LogP contribution >= 0.6 is 0 Å². The van der Waals surface area contributed by atoms with Crippen molar-refractivity contribution in [1.29, 1.82) is 0 Å². The number of carbonyl (C=O) groups excluding carboxylic acids is 1. The van der Waals surface area contributed by atoms with Gasteiger partial charge in [-0.25, -0.2) is 9.48 Å². The number of carbonyl (C=O) groups is 1. The molecular formula is C27H17N3O2. The van der Waals surface area contributed by atoms with Gasteiger partial charge in [-0.2, -0.15) is 0 Å². The molecule has 5 heteroatoms. The van der Waals surface area contributed by atoms with Crippen molar-refractivity contribution < 1.29 is 9.53 Å². The van der Waals surface area contributed by atoms with Crippen molar-refractivity contribution in [3.63, 3.8) is 0 Å². The fraction of sp³-hybridized carbons (Fsp3) is 0. The molecule has 0 aliphatic carbocycles. The van der Waals surface area contributed by atoms with Gasteiger partial charge in [0.05, 0.1) is 16.9 Å². The van der Waals surface area contributed by atoms with Crippen LogP contribution in [0.5, 0.6) is 0 Å². The standard InChI is InChI=1S/C27H17N3O2/c31-27-22-15-20-13-7-8-14-21(20)16-23(22)30-24(17-25(32-27)18-9-3-1-4-10-18)26(28-29-30)19-11-5-2-6-12-19/h1-17H/b25-17-. The third-order valence-corrected chi connectivity index (χ3v) is 5.59. The first-order chi connectivity index (χ1) is 15.8. The molecule has 0 saturated carbocycles. The zero-order valence-electron chi connectivity index (χ0n) is 17.0. The number of rotatable bonds is 2. The second-order valence-electron chi connectivity index (χ2n) is 7.58. The molecule has 5 nitrogen and oxygen atoms in total. The van der Waals surface area contributed by atoms with E-state index in [1.165, 1.54) is 0 Å². The normalized spacial score (nSPS) is 14.5. The predicted octanol–water partition coefficient (Wildman–Crippen LogP) is 5.76. The number of cyclic esters (lactones) is 1.